The van der Waals surface area contributed by atoms with E-state index in [0.717, 1.165) is 77.3 Å². The third kappa shape index (κ3) is 7.42. The van der Waals surface area contributed by atoms with Gasteiger partial charge < -0.3 is 9.55 Å². The van der Waals surface area contributed by atoms with Gasteiger partial charge in [-0.3, -0.25) is 16.3 Å². The maximum atomic E-state index is 8.68. The number of hydrogen-bond acceptors (Lipinski definition) is 3. The molecule has 53 heavy (non-hydrogen) atoms. The van der Waals surface area contributed by atoms with Crippen molar-refractivity contribution in [3.63, 3.8) is 0 Å². The van der Waals surface area contributed by atoms with E-state index in [1.807, 2.05) is 62.4 Å². The Morgan fingerprint density at radius 1 is 0.717 bits per heavy atom. The van der Waals surface area contributed by atoms with Gasteiger partial charge in [-0.1, -0.05) is 132 Å². The minimum absolute atomic E-state index is 0. The van der Waals surface area contributed by atoms with Crippen LogP contribution in [0.2, 0.25) is 0 Å². The molecule has 0 N–H and O–H groups in total. The standard InChI is InChI=1S/C37H29N2S.C11H8N.Ir/c1-24(2)28-18-19-35-31(22-28)32(23-40-35)37-38-33-16-10-11-17-34(33)39(37)36-29(26-12-6-4-7-13-26)20-25(3)21-30(36)27-14-8-5-9-15-27;1-2-6-10(7-3-1)11-8-4-5-9-12-11;/h4-22,24H,1-3H3;1-6,8-9H;/q2*-1;/i24D;;. The number of imidazole rings is 1. The first-order valence-corrected chi connectivity index (χ1v) is 18.2. The summed E-state index contributed by atoms with van der Waals surface area (Å²) in [6.45, 7) is 6.04. The number of benzene rings is 6. The van der Waals surface area contributed by atoms with E-state index in [1.165, 1.54) is 5.56 Å². The smallest absolute Gasteiger partial charge is 0.0774 e. The molecule has 0 saturated carbocycles. The maximum Gasteiger partial charge on any atom is 0.0774 e. The molecular weight excluding hydrogens is 843 g/mol. The van der Waals surface area contributed by atoms with E-state index in [9.17, 15) is 0 Å². The first-order chi connectivity index (χ1) is 25.8. The van der Waals surface area contributed by atoms with Crippen molar-refractivity contribution in [3.8, 4) is 50.6 Å². The Balaban J connectivity index is 0.000000294. The third-order valence-electron chi connectivity index (χ3n) is 9.17. The van der Waals surface area contributed by atoms with Crippen molar-refractivity contribution in [1.29, 1.82) is 0 Å². The Morgan fingerprint density at radius 2 is 1.38 bits per heavy atom. The number of fused-ring (bicyclic) bond motifs is 2. The maximum absolute atomic E-state index is 8.68. The molecule has 0 aliphatic heterocycles. The van der Waals surface area contributed by atoms with Gasteiger partial charge in [-0.05, 0) is 65.5 Å². The fourth-order valence-electron chi connectivity index (χ4n) is 6.64. The van der Waals surface area contributed by atoms with Gasteiger partial charge in [0.1, 0.15) is 0 Å². The van der Waals surface area contributed by atoms with Crippen LogP contribution in [0, 0.1) is 18.4 Å². The largest absolute Gasteiger partial charge is 0.332 e. The number of rotatable bonds is 6. The van der Waals surface area contributed by atoms with Crippen LogP contribution in [0.25, 0.3) is 71.7 Å². The zero-order valence-electron chi connectivity index (χ0n) is 30.7. The number of aromatic nitrogens is 3. The first kappa shape index (κ1) is 34.6. The van der Waals surface area contributed by atoms with E-state index in [1.54, 1.807) is 17.5 Å². The second-order valence-electron chi connectivity index (χ2n) is 13.0. The molecule has 0 spiro atoms. The second-order valence-corrected chi connectivity index (χ2v) is 13.8. The van der Waals surface area contributed by atoms with Crippen molar-refractivity contribution in [2.75, 3.05) is 0 Å². The third-order valence-corrected chi connectivity index (χ3v) is 10.1. The van der Waals surface area contributed by atoms with Crippen molar-refractivity contribution in [1.82, 2.24) is 14.5 Å². The second kappa shape index (κ2) is 16.1. The Hall–Kier alpha value is -5.45. The molecule has 0 aliphatic rings. The Morgan fingerprint density at radius 3 is 2.02 bits per heavy atom. The van der Waals surface area contributed by atoms with Crippen LogP contribution < -0.4 is 0 Å². The Labute approximate surface area is 330 Å². The van der Waals surface area contributed by atoms with Crippen molar-refractivity contribution in [2.45, 2.75) is 26.7 Å². The number of pyridine rings is 1. The van der Waals surface area contributed by atoms with Crippen LogP contribution >= 0.6 is 11.3 Å². The molecule has 6 aromatic carbocycles. The van der Waals surface area contributed by atoms with Gasteiger partial charge in [-0.15, -0.1) is 47.3 Å². The molecule has 0 unspecified atom stereocenters. The number of thiophene rings is 1. The van der Waals surface area contributed by atoms with Gasteiger partial charge in [-0.25, -0.2) is 0 Å². The zero-order chi connectivity index (χ0) is 36.4. The van der Waals surface area contributed by atoms with E-state index < -0.39 is 5.89 Å². The minimum Gasteiger partial charge on any atom is -0.332 e. The van der Waals surface area contributed by atoms with Gasteiger partial charge in [0.25, 0.3) is 0 Å². The molecule has 3 aromatic heterocycles. The molecule has 3 nitrogen and oxygen atoms in total. The average Bonchev–Trinajstić information content (AvgIpc) is 3.80. The summed E-state index contributed by atoms with van der Waals surface area (Å²) in [6.07, 6.45) is 1.79. The monoisotopic (exact) mass is 881 g/mol. The fraction of sp³-hybridized carbons (Fsp3) is 0.0833. The minimum atomic E-state index is -0.703. The van der Waals surface area contributed by atoms with Crippen LogP contribution in [0.15, 0.2) is 164 Å². The fourth-order valence-corrected chi connectivity index (χ4v) is 7.46. The van der Waals surface area contributed by atoms with Crippen molar-refractivity contribution in [3.05, 3.63) is 186 Å². The van der Waals surface area contributed by atoms with Crippen molar-refractivity contribution in [2.24, 2.45) is 0 Å². The zero-order valence-corrected chi connectivity index (χ0v) is 32.9. The molecule has 0 atom stereocenters. The predicted molar refractivity (Wildman–Crippen MR) is 219 cm³/mol. The van der Waals surface area contributed by atoms with Crippen molar-refractivity contribution < 1.29 is 21.5 Å². The first-order valence-electron chi connectivity index (χ1n) is 17.9. The molecule has 0 saturated heterocycles. The number of nitrogens with zero attached hydrogens (tertiary/aromatic N) is 3. The van der Waals surface area contributed by atoms with Crippen LogP contribution in [-0.4, -0.2) is 14.5 Å². The summed E-state index contributed by atoms with van der Waals surface area (Å²) >= 11 is 1.61. The summed E-state index contributed by atoms with van der Waals surface area (Å²) in [6, 6.07) is 57.3. The van der Waals surface area contributed by atoms with E-state index in [-0.39, 0.29) is 20.1 Å². The van der Waals surface area contributed by atoms with Gasteiger partial charge in [0, 0.05) is 38.8 Å². The van der Waals surface area contributed by atoms with E-state index in [2.05, 4.69) is 137 Å². The molecule has 1 radical (unpaired) electrons. The van der Waals surface area contributed by atoms with Crippen LogP contribution in [0.1, 0.15) is 32.2 Å². The summed E-state index contributed by atoms with van der Waals surface area (Å²) in [7, 11) is 0. The molecule has 0 bridgehead atoms. The number of aryl methyl sites for hydroxylation is 1. The van der Waals surface area contributed by atoms with Crippen LogP contribution in [-0.2, 0) is 20.1 Å². The average molecular weight is 881 g/mol. The summed E-state index contributed by atoms with van der Waals surface area (Å²) in [5, 5.41) is 4.69. The normalized spacial score (nSPS) is 11.4. The molecule has 0 aliphatic carbocycles. The summed E-state index contributed by atoms with van der Waals surface area (Å²) < 4.78 is 12.2. The SMILES string of the molecule is [2H]C(C)(C)c1ccc2s[c-]c(-c3nc4ccccc4n3-c3c(-c4ccccc4)cc(C)cc3-c3ccccc3)c2c1.[Ir].[c-]1ccccc1-c1ccccn1. The topological polar surface area (TPSA) is 30.7 Å². The van der Waals surface area contributed by atoms with Gasteiger partial charge >= 0.3 is 0 Å². The molecule has 261 valence electrons. The molecule has 0 amide bonds. The van der Waals surface area contributed by atoms with E-state index in [0.29, 0.717) is 0 Å². The molecule has 0 fully saturated rings. The Kier molecular flexibility index (Phi) is 10.5. The van der Waals surface area contributed by atoms with Gasteiger partial charge in [0.05, 0.1) is 22.5 Å². The summed E-state index contributed by atoms with van der Waals surface area (Å²) in [5.41, 5.74) is 12.9. The quantitative estimate of drug-likeness (QED) is 0.156. The summed E-state index contributed by atoms with van der Waals surface area (Å²) in [5.74, 6) is 0.154. The summed E-state index contributed by atoms with van der Waals surface area (Å²) in [4.78, 5) is 9.47. The Bertz CT molecular complexity index is 2550. The van der Waals surface area contributed by atoms with Gasteiger partial charge in [0.2, 0.25) is 0 Å². The van der Waals surface area contributed by atoms with Crippen LogP contribution in [0.5, 0.6) is 0 Å². The van der Waals surface area contributed by atoms with Crippen molar-refractivity contribution >= 4 is 32.5 Å². The van der Waals surface area contributed by atoms with E-state index in [4.69, 9.17) is 6.35 Å². The number of hydrogen-bond donors (Lipinski definition) is 0. The molecule has 9 rings (SSSR count). The molecular formula is C48H37IrN3S-2. The van der Waals surface area contributed by atoms with Gasteiger partial charge in [0.15, 0.2) is 0 Å². The van der Waals surface area contributed by atoms with Crippen LogP contribution in [0.3, 0.4) is 0 Å². The predicted octanol–water partition coefficient (Wildman–Crippen LogP) is 13.0. The molecule has 3 heterocycles. The van der Waals surface area contributed by atoms with Gasteiger partial charge in [-0.2, -0.15) is 0 Å². The molecule has 5 heteroatoms. The molecule has 9 aromatic rings. The van der Waals surface area contributed by atoms with E-state index >= 15 is 0 Å². The number of para-hydroxylation sites is 2. The van der Waals surface area contributed by atoms with Crippen LogP contribution in [0.4, 0.5) is 0 Å².